The summed E-state index contributed by atoms with van der Waals surface area (Å²) in [4.78, 5) is 27.0. The summed E-state index contributed by atoms with van der Waals surface area (Å²) in [6, 6.07) is 11.8. The number of rotatable bonds is 10. The first-order valence-corrected chi connectivity index (χ1v) is 12.4. The molecule has 1 saturated heterocycles. The van der Waals surface area contributed by atoms with E-state index in [0.717, 1.165) is 47.9 Å². The molecule has 1 amide bonds. The molecule has 1 aromatic carbocycles. The van der Waals surface area contributed by atoms with Crippen LogP contribution in [0.25, 0.3) is 12.2 Å². The minimum atomic E-state index is -0.0998. The molecule has 0 saturated carbocycles. The van der Waals surface area contributed by atoms with E-state index in [2.05, 4.69) is 27.7 Å². The summed E-state index contributed by atoms with van der Waals surface area (Å²) in [5.41, 5.74) is 0.806. The molecule has 2 aromatic rings. The molecule has 1 fully saturated rings. The van der Waals surface area contributed by atoms with Crippen LogP contribution >= 0.6 is 0 Å². The highest BCUT2D eigenvalue weighted by Crippen LogP contribution is 2.14. The van der Waals surface area contributed by atoms with Crippen LogP contribution in [-0.4, -0.2) is 54.2 Å². The summed E-state index contributed by atoms with van der Waals surface area (Å²) in [7, 11) is 0. The van der Waals surface area contributed by atoms with Crippen LogP contribution in [0.4, 0.5) is 0 Å². The number of amides is 1. The van der Waals surface area contributed by atoms with Gasteiger partial charge < -0.3 is 24.8 Å². The number of fused-ring (bicyclic) bond motifs is 1. The number of likely N-dealkylation sites (tertiary alicyclic amines) is 1. The molecule has 1 aliphatic heterocycles. The first-order valence-electron chi connectivity index (χ1n) is 12.4. The Labute approximate surface area is 201 Å². The molecule has 0 spiro atoms. The van der Waals surface area contributed by atoms with E-state index in [9.17, 15) is 9.59 Å². The second-order valence-corrected chi connectivity index (χ2v) is 9.10. The molecule has 4 rings (SSSR count). The lowest BCUT2D eigenvalue weighted by Crippen LogP contribution is -2.49. The standard InChI is InChI=1S/C27H36N4O3/c1-21(32)29-13-12-28-20-23-18-22-10-11-25(34-24-8-4-2-5-9-24)19-26(22)31(27(23)33)17-16-30-14-6-3-7-15-30/h2,4-5,8-10,18-19,25,28H,3,6-7,11-17,20H2,1H3,(H,29,32). The second-order valence-electron chi connectivity index (χ2n) is 9.10. The van der Waals surface area contributed by atoms with Gasteiger partial charge >= 0.3 is 0 Å². The zero-order valence-corrected chi connectivity index (χ0v) is 20.1. The van der Waals surface area contributed by atoms with Crippen LogP contribution in [0.3, 0.4) is 0 Å². The molecule has 1 aromatic heterocycles. The van der Waals surface area contributed by atoms with Crippen molar-refractivity contribution in [1.29, 1.82) is 0 Å². The monoisotopic (exact) mass is 464 g/mol. The molecular formula is C27H36N4O3. The van der Waals surface area contributed by atoms with Crippen LogP contribution < -0.4 is 31.5 Å². The number of nitrogens with zero attached hydrogens (tertiary/aromatic N) is 2. The molecule has 1 atom stereocenters. The first kappa shape index (κ1) is 24.2. The minimum Gasteiger partial charge on any atom is -0.486 e. The minimum absolute atomic E-state index is 0.0481. The van der Waals surface area contributed by atoms with Crippen molar-refractivity contribution in [2.75, 3.05) is 32.7 Å². The molecule has 182 valence electrons. The van der Waals surface area contributed by atoms with Gasteiger partial charge in [0.15, 0.2) is 0 Å². The SMILES string of the molecule is CC(=O)NCCNCc1cc2c(n(CCN3CCCCC3)c1=O)=CC(Oc1ccccc1)CC=2. The van der Waals surface area contributed by atoms with Gasteiger partial charge in [-0.05, 0) is 55.4 Å². The maximum Gasteiger partial charge on any atom is 0.255 e. The third-order valence-electron chi connectivity index (χ3n) is 6.46. The number of hydrogen-bond donors (Lipinski definition) is 2. The van der Waals surface area contributed by atoms with Crippen molar-refractivity contribution in [2.45, 2.75) is 51.8 Å². The van der Waals surface area contributed by atoms with E-state index in [0.29, 0.717) is 26.2 Å². The van der Waals surface area contributed by atoms with Crippen LogP contribution in [0.5, 0.6) is 5.75 Å². The van der Waals surface area contributed by atoms with Gasteiger partial charge in [-0.2, -0.15) is 0 Å². The van der Waals surface area contributed by atoms with Crippen molar-refractivity contribution in [3.05, 3.63) is 62.9 Å². The number of para-hydroxylation sites is 1. The predicted octanol–water partition coefficient (Wildman–Crippen LogP) is 0.972. The number of benzene rings is 1. The van der Waals surface area contributed by atoms with Crippen LogP contribution in [0, 0.1) is 0 Å². The van der Waals surface area contributed by atoms with Crippen molar-refractivity contribution in [2.24, 2.45) is 0 Å². The van der Waals surface area contributed by atoms with Gasteiger partial charge in [-0.1, -0.05) is 30.7 Å². The third-order valence-corrected chi connectivity index (χ3v) is 6.46. The van der Waals surface area contributed by atoms with Crippen molar-refractivity contribution in [3.8, 4) is 5.75 Å². The molecule has 34 heavy (non-hydrogen) atoms. The van der Waals surface area contributed by atoms with E-state index in [1.54, 1.807) is 0 Å². The maximum absolute atomic E-state index is 13.5. The van der Waals surface area contributed by atoms with Crippen LogP contribution in [0.2, 0.25) is 0 Å². The summed E-state index contributed by atoms with van der Waals surface area (Å²) in [5, 5.41) is 8.11. The van der Waals surface area contributed by atoms with Crippen LogP contribution in [-0.2, 0) is 17.9 Å². The summed E-state index contributed by atoms with van der Waals surface area (Å²) >= 11 is 0. The van der Waals surface area contributed by atoms with Gasteiger partial charge in [-0.25, -0.2) is 0 Å². The van der Waals surface area contributed by atoms with Gasteiger partial charge in [0.25, 0.3) is 5.56 Å². The summed E-state index contributed by atoms with van der Waals surface area (Å²) in [6.45, 7) is 6.91. The average Bonchev–Trinajstić information content (AvgIpc) is 2.85. The average molecular weight is 465 g/mol. The van der Waals surface area contributed by atoms with Gasteiger partial charge in [-0.3, -0.25) is 9.59 Å². The van der Waals surface area contributed by atoms with E-state index >= 15 is 0 Å². The Morgan fingerprint density at radius 2 is 1.88 bits per heavy atom. The number of hydrogen-bond acceptors (Lipinski definition) is 5. The fourth-order valence-corrected chi connectivity index (χ4v) is 4.68. The Hall–Kier alpha value is -2.90. The lowest BCUT2D eigenvalue weighted by molar-refractivity contribution is -0.118. The van der Waals surface area contributed by atoms with Gasteiger partial charge in [0.1, 0.15) is 11.9 Å². The zero-order valence-electron chi connectivity index (χ0n) is 20.1. The molecule has 1 aliphatic carbocycles. The molecule has 1 unspecified atom stereocenters. The largest absolute Gasteiger partial charge is 0.486 e. The fourth-order valence-electron chi connectivity index (χ4n) is 4.68. The third kappa shape index (κ3) is 6.58. The van der Waals surface area contributed by atoms with E-state index in [1.807, 2.05) is 41.0 Å². The predicted molar refractivity (Wildman–Crippen MR) is 135 cm³/mol. The molecule has 2 heterocycles. The van der Waals surface area contributed by atoms with E-state index in [-0.39, 0.29) is 17.6 Å². The molecule has 0 radical (unpaired) electrons. The highest BCUT2D eigenvalue weighted by molar-refractivity contribution is 5.72. The Morgan fingerprint density at radius 1 is 1.09 bits per heavy atom. The number of carbonyl (C=O) groups is 1. The van der Waals surface area contributed by atoms with Crippen molar-refractivity contribution >= 4 is 18.1 Å². The number of nitrogens with one attached hydrogen (secondary N) is 2. The lowest BCUT2D eigenvalue weighted by atomic mass is 10.1. The Bertz CT molecular complexity index is 1140. The smallest absolute Gasteiger partial charge is 0.255 e. The molecule has 2 aliphatic rings. The molecule has 2 N–H and O–H groups in total. The molecule has 7 nitrogen and oxygen atoms in total. The van der Waals surface area contributed by atoms with Gasteiger partial charge in [0.2, 0.25) is 5.91 Å². The quantitative estimate of drug-likeness (QED) is 0.513. The number of aromatic nitrogens is 1. The van der Waals surface area contributed by atoms with E-state index in [1.165, 1.54) is 26.2 Å². The Kier molecular flexibility index (Phi) is 8.55. The first-order chi connectivity index (χ1) is 16.6. The fraction of sp³-hybridized carbons (Fsp3) is 0.481. The maximum atomic E-state index is 13.5. The van der Waals surface area contributed by atoms with E-state index < -0.39 is 0 Å². The number of carbonyl (C=O) groups excluding carboxylic acids is 1. The number of ether oxygens (including phenoxy) is 1. The van der Waals surface area contributed by atoms with Gasteiger partial charge in [-0.15, -0.1) is 0 Å². The van der Waals surface area contributed by atoms with Crippen LogP contribution in [0.15, 0.2) is 41.2 Å². The number of pyridine rings is 1. The van der Waals surface area contributed by atoms with Crippen molar-refractivity contribution in [3.63, 3.8) is 0 Å². The lowest BCUT2D eigenvalue weighted by Gasteiger charge is -2.27. The highest BCUT2D eigenvalue weighted by Gasteiger charge is 2.16. The van der Waals surface area contributed by atoms with E-state index in [4.69, 9.17) is 4.74 Å². The molecular weight excluding hydrogens is 428 g/mol. The molecule has 0 bridgehead atoms. The zero-order chi connectivity index (χ0) is 23.8. The number of piperidine rings is 1. The second kappa shape index (κ2) is 12.0. The highest BCUT2D eigenvalue weighted by atomic mass is 16.5. The van der Waals surface area contributed by atoms with Crippen molar-refractivity contribution < 1.29 is 9.53 Å². The van der Waals surface area contributed by atoms with Gasteiger partial charge in [0.05, 0.1) is 5.35 Å². The topological polar surface area (TPSA) is 75.6 Å². The van der Waals surface area contributed by atoms with Gasteiger partial charge in [0, 0.05) is 51.6 Å². The molecule has 7 heteroatoms. The Balaban J connectivity index is 1.56. The Morgan fingerprint density at radius 3 is 2.65 bits per heavy atom. The van der Waals surface area contributed by atoms with Crippen molar-refractivity contribution in [1.82, 2.24) is 20.1 Å². The van der Waals surface area contributed by atoms with Crippen LogP contribution in [0.1, 0.15) is 38.2 Å². The normalized spacial score (nSPS) is 17.9. The summed E-state index contributed by atoms with van der Waals surface area (Å²) < 4.78 is 8.12. The summed E-state index contributed by atoms with van der Waals surface area (Å²) in [5.74, 6) is 0.788. The summed E-state index contributed by atoms with van der Waals surface area (Å²) in [6.07, 6.45) is 8.72.